The largest absolute Gasteiger partial charge is 0.357 e. The summed E-state index contributed by atoms with van der Waals surface area (Å²) in [6, 6.07) is 16.2. The van der Waals surface area contributed by atoms with E-state index in [9.17, 15) is 0 Å². The summed E-state index contributed by atoms with van der Waals surface area (Å²) in [6.45, 7) is 7.07. The monoisotopic (exact) mass is 538 g/mol. The molecule has 6 nitrogen and oxygen atoms in total. The van der Waals surface area contributed by atoms with Crippen molar-refractivity contribution in [3.8, 4) is 11.1 Å². The van der Waals surface area contributed by atoms with Crippen LogP contribution in [0.25, 0.3) is 11.1 Å². The highest BCUT2D eigenvalue weighted by atomic mass is 127. The molecule has 0 saturated carbocycles. The maximum atomic E-state index is 6.03. The van der Waals surface area contributed by atoms with Crippen molar-refractivity contribution in [1.82, 2.24) is 25.4 Å². The Balaban J connectivity index is 0.00000320. The molecule has 0 spiro atoms. The van der Waals surface area contributed by atoms with Crippen molar-refractivity contribution in [1.29, 1.82) is 0 Å². The van der Waals surface area contributed by atoms with E-state index in [1.165, 1.54) is 11.1 Å². The van der Waals surface area contributed by atoms with Gasteiger partial charge in [0.1, 0.15) is 12.2 Å². The quantitative estimate of drug-likeness (QED) is 0.251. The first kappa shape index (κ1) is 24.1. The molecule has 0 aliphatic heterocycles. The number of halogens is 2. The van der Waals surface area contributed by atoms with E-state index in [0.29, 0.717) is 6.54 Å². The van der Waals surface area contributed by atoms with Crippen LogP contribution in [0.4, 0.5) is 0 Å². The van der Waals surface area contributed by atoms with E-state index in [0.717, 1.165) is 48.4 Å². The number of aryl methyl sites for hydroxylation is 1. The van der Waals surface area contributed by atoms with Gasteiger partial charge >= 0.3 is 0 Å². The Bertz CT molecular complexity index is 939. The van der Waals surface area contributed by atoms with Crippen molar-refractivity contribution < 1.29 is 0 Å². The fraction of sp³-hybridized carbons (Fsp3) is 0.318. The normalized spacial score (nSPS) is 11.1. The number of aliphatic imine (C=N–C) groups is 1. The average Bonchev–Trinajstić information content (AvgIpc) is 3.20. The lowest BCUT2D eigenvalue weighted by Crippen LogP contribution is -2.38. The molecule has 0 aliphatic carbocycles. The second-order valence-electron chi connectivity index (χ2n) is 6.58. The van der Waals surface area contributed by atoms with Gasteiger partial charge in [0.2, 0.25) is 0 Å². The van der Waals surface area contributed by atoms with E-state index in [-0.39, 0.29) is 24.0 Å². The standard InChI is InChI=1S/C22H27ClN6.HI/c1-3-21-28-27-16-29(21)14-13-25-22(24-4-2)26-15-18-7-5-6-8-20(18)17-9-11-19(23)12-10-17;/h5-12,16H,3-4,13-15H2,1-2H3,(H2,24,25,26);1H. The molecular formula is C22H28ClIN6. The predicted octanol–water partition coefficient (Wildman–Crippen LogP) is 4.53. The molecule has 0 fully saturated rings. The Morgan fingerprint density at radius 3 is 2.57 bits per heavy atom. The van der Waals surface area contributed by atoms with Crippen LogP contribution < -0.4 is 10.6 Å². The van der Waals surface area contributed by atoms with Gasteiger partial charge in [-0.3, -0.25) is 0 Å². The predicted molar refractivity (Wildman–Crippen MR) is 135 cm³/mol. The molecule has 160 valence electrons. The molecule has 0 saturated heterocycles. The zero-order valence-corrected chi connectivity index (χ0v) is 20.4. The summed E-state index contributed by atoms with van der Waals surface area (Å²) in [5.74, 6) is 1.79. The number of nitrogens with one attached hydrogen (secondary N) is 2. The molecule has 0 atom stereocenters. The Hall–Kier alpha value is -2.13. The van der Waals surface area contributed by atoms with Crippen molar-refractivity contribution in [3.05, 3.63) is 71.3 Å². The molecule has 3 aromatic rings. The molecule has 8 heteroatoms. The number of nitrogens with zero attached hydrogens (tertiary/aromatic N) is 4. The van der Waals surface area contributed by atoms with Gasteiger partial charge in [-0.25, -0.2) is 4.99 Å². The summed E-state index contributed by atoms with van der Waals surface area (Å²) < 4.78 is 2.06. The molecule has 3 rings (SSSR count). The number of aromatic nitrogens is 3. The van der Waals surface area contributed by atoms with Gasteiger partial charge < -0.3 is 15.2 Å². The van der Waals surface area contributed by atoms with Crippen molar-refractivity contribution in [3.63, 3.8) is 0 Å². The van der Waals surface area contributed by atoms with Crippen LogP contribution in [0.5, 0.6) is 0 Å². The highest BCUT2D eigenvalue weighted by Gasteiger charge is 2.06. The third-order valence-electron chi connectivity index (χ3n) is 4.58. The van der Waals surface area contributed by atoms with E-state index in [1.807, 2.05) is 36.4 Å². The summed E-state index contributed by atoms with van der Waals surface area (Å²) in [7, 11) is 0. The van der Waals surface area contributed by atoms with E-state index < -0.39 is 0 Å². The first-order valence-electron chi connectivity index (χ1n) is 9.94. The van der Waals surface area contributed by atoms with Gasteiger partial charge in [0, 0.05) is 31.1 Å². The summed E-state index contributed by atoms with van der Waals surface area (Å²) in [4.78, 5) is 4.78. The topological polar surface area (TPSA) is 67.1 Å². The maximum absolute atomic E-state index is 6.03. The van der Waals surface area contributed by atoms with Crippen molar-refractivity contribution >= 4 is 41.5 Å². The fourth-order valence-corrected chi connectivity index (χ4v) is 3.24. The molecule has 2 N–H and O–H groups in total. The summed E-state index contributed by atoms with van der Waals surface area (Å²) in [5.41, 5.74) is 3.47. The Morgan fingerprint density at radius 1 is 1.07 bits per heavy atom. The fourth-order valence-electron chi connectivity index (χ4n) is 3.11. The molecule has 2 aromatic carbocycles. The highest BCUT2D eigenvalue weighted by Crippen LogP contribution is 2.25. The van der Waals surface area contributed by atoms with Crippen LogP contribution in [-0.2, 0) is 19.5 Å². The minimum atomic E-state index is 0. The van der Waals surface area contributed by atoms with Crippen LogP contribution in [0, 0.1) is 0 Å². The van der Waals surface area contributed by atoms with E-state index in [4.69, 9.17) is 16.6 Å². The lowest BCUT2D eigenvalue weighted by Gasteiger charge is -2.13. The lowest BCUT2D eigenvalue weighted by atomic mass is 10.00. The van der Waals surface area contributed by atoms with Crippen molar-refractivity contribution in [2.24, 2.45) is 4.99 Å². The summed E-state index contributed by atoms with van der Waals surface area (Å²) in [6.07, 6.45) is 2.64. The SMILES string of the molecule is CCNC(=NCc1ccccc1-c1ccc(Cl)cc1)NCCn1cnnc1CC.I. The van der Waals surface area contributed by atoms with Gasteiger partial charge in [-0.05, 0) is 35.7 Å². The van der Waals surface area contributed by atoms with Crippen molar-refractivity contribution in [2.75, 3.05) is 13.1 Å². The lowest BCUT2D eigenvalue weighted by molar-refractivity contribution is 0.632. The molecule has 1 heterocycles. The number of guanidine groups is 1. The maximum Gasteiger partial charge on any atom is 0.191 e. The molecule has 0 bridgehead atoms. The zero-order valence-electron chi connectivity index (χ0n) is 17.3. The third kappa shape index (κ3) is 6.70. The molecular weight excluding hydrogens is 511 g/mol. The smallest absolute Gasteiger partial charge is 0.191 e. The second-order valence-corrected chi connectivity index (χ2v) is 7.02. The minimum Gasteiger partial charge on any atom is -0.357 e. The molecule has 1 aromatic heterocycles. The van der Waals surface area contributed by atoms with Crippen LogP contribution in [0.2, 0.25) is 5.02 Å². The number of hydrogen-bond donors (Lipinski definition) is 2. The highest BCUT2D eigenvalue weighted by molar-refractivity contribution is 14.0. The minimum absolute atomic E-state index is 0. The summed E-state index contributed by atoms with van der Waals surface area (Å²) in [5, 5.41) is 15.5. The average molecular weight is 539 g/mol. The van der Waals surface area contributed by atoms with Gasteiger partial charge in [0.25, 0.3) is 0 Å². The zero-order chi connectivity index (χ0) is 20.5. The van der Waals surface area contributed by atoms with Gasteiger partial charge in [-0.1, -0.05) is 54.9 Å². The number of hydrogen-bond acceptors (Lipinski definition) is 3. The van der Waals surface area contributed by atoms with Crippen LogP contribution in [0.3, 0.4) is 0 Å². The van der Waals surface area contributed by atoms with Crippen LogP contribution in [0.15, 0.2) is 59.9 Å². The van der Waals surface area contributed by atoms with Gasteiger partial charge in [-0.2, -0.15) is 0 Å². The van der Waals surface area contributed by atoms with Gasteiger partial charge in [-0.15, -0.1) is 34.2 Å². The van der Waals surface area contributed by atoms with Crippen LogP contribution in [0.1, 0.15) is 25.2 Å². The number of rotatable bonds is 8. The van der Waals surface area contributed by atoms with Crippen molar-refractivity contribution in [2.45, 2.75) is 33.4 Å². The molecule has 0 amide bonds. The van der Waals surface area contributed by atoms with E-state index in [2.05, 4.69) is 51.4 Å². The van der Waals surface area contributed by atoms with Crippen LogP contribution >= 0.6 is 35.6 Å². The summed E-state index contributed by atoms with van der Waals surface area (Å²) >= 11 is 6.03. The molecule has 0 radical (unpaired) electrons. The van der Waals surface area contributed by atoms with Crippen LogP contribution in [-0.4, -0.2) is 33.8 Å². The molecule has 0 unspecified atom stereocenters. The Kier molecular flexibility index (Phi) is 10.1. The first-order chi connectivity index (χ1) is 14.2. The van der Waals surface area contributed by atoms with E-state index >= 15 is 0 Å². The molecule has 0 aliphatic rings. The number of benzene rings is 2. The Morgan fingerprint density at radius 2 is 1.83 bits per heavy atom. The Labute approximate surface area is 200 Å². The molecule has 30 heavy (non-hydrogen) atoms. The van der Waals surface area contributed by atoms with E-state index in [1.54, 1.807) is 6.33 Å². The third-order valence-corrected chi connectivity index (χ3v) is 4.83. The van der Waals surface area contributed by atoms with Gasteiger partial charge in [0.15, 0.2) is 5.96 Å². The van der Waals surface area contributed by atoms with Gasteiger partial charge in [0.05, 0.1) is 6.54 Å². The first-order valence-corrected chi connectivity index (χ1v) is 10.3. The second kappa shape index (κ2) is 12.5.